The molecule has 0 spiro atoms. The van der Waals surface area contributed by atoms with Gasteiger partial charge in [0.05, 0.1) is 32.6 Å². The van der Waals surface area contributed by atoms with Gasteiger partial charge in [0, 0.05) is 35.6 Å². The van der Waals surface area contributed by atoms with E-state index in [1.165, 1.54) is 24.3 Å². The van der Waals surface area contributed by atoms with E-state index in [1.807, 2.05) is 0 Å². The van der Waals surface area contributed by atoms with E-state index >= 15 is 0 Å². The van der Waals surface area contributed by atoms with Crippen LogP contribution in [0.25, 0.3) is 0 Å². The normalized spacial score (nSPS) is 12.7. The van der Waals surface area contributed by atoms with E-state index in [-0.39, 0.29) is 39.0 Å². The first-order valence-electron chi connectivity index (χ1n) is 9.69. The zero-order chi connectivity index (χ0) is 26.5. The fourth-order valence-corrected chi connectivity index (χ4v) is 6.25. The lowest BCUT2D eigenvalue weighted by atomic mass is 10.1. The van der Waals surface area contributed by atoms with Gasteiger partial charge in [0.1, 0.15) is 0 Å². The molecule has 4 rings (SSSR count). The molecule has 0 N–H and O–H groups in total. The minimum absolute atomic E-state index is 0.0257. The summed E-state index contributed by atoms with van der Waals surface area (Å²) >= 11 is 25.6. The van der Waals surface area contributed by atoms with Crippen LogP contribution in [0.2, 0.25) is 10.0 Å². The number of fused-ring (bicyclic) bond motifs is 1. The fraction of sp³-hybridized carbons (Fsp3) is 0.0455. The van der Waals surface area contributed by atoms with Crippen LogP contribution in [-0.2, 0) is 6.54 Å². The smallest absolute Gasteiger partial charge is 0.267 e. The number of carbonyl (C=O) groups excluding carboxylic acids is 3. The lowest BCUT2D eigenvalue weighted by Crippen LogP contribution is -2.49. The number of hydrogen-bond acceptors (Lipinski definition) is 5. The minimum atomic E-state index is -0.744. The van der Waals surface area contributed by atoms with Gasteiger partial charge >= 0.3 is 0 Å². The van der Waals surface area contributed by atoms with Crippen molar-refractivity contribution in [2.75, 3.05) is 0 Å². The van der Waals surface area contributed by atoms with Crippen LogP contribution in [0.3, 0.4) is 0 Å². The molecular weight excluding hydrogens is 777 g/mol. The van der Waals surface area contributed by atoms with E-state index in [9.17, 15) is 24.5 Å². The summed E-state index contributed by atoms with van der Waals surface area (Å²) in [6.07, 6.45) is 0. The Hall–Kier alpha value is -1.83. The van der Waals surface area contributed by atoms with E-state index in [0.717, 1.165) is 22.2 Å². The number of imide groups is 1. The Morgan fingerprint density at radius 2 is 1.39 bits per heavy atom. The Kier molecular flexibility index (Phi) is 7.94. The van der Waals surface area contributed by atoms with Gasteiger partial charge in [0.2, 0.25) is 0 Å². The van der Waals surface area contributed by atoms with E-state index in [1.54, 1.807) is 6.07 Å². The molecule has 0 aromatic heterocycles. The third kappa shape index (κ3) is 4.74. The maximum atomic E-state index is 13.6. The van der Waals surface area contributed by atoms with Crippen molar-refractivity contribution in [1.82, 2.24) is 10.0 Å². The molecule has 3 amide bonds. The van der Waals surface area contributed by atoms with Crippen LogP contribution >= 0.6 is 86.9 Å². The van der Waals surface area contributed by atoms with Crippen molar-refractivity contribution in [2.45, 2.75) is 6.54 Å². The molecule has 0 radical (unpaired) electrons. The molecule has 14 heteroatoms. The molecule has 0 fully saturated rings. The van der Waals surface area contributed by atoms with Crippen molar-refractivity contribution in [3.05, 3.63) is 103 Å². The van der Waals surface area contributed by atoms with Crippen LogP contribution in [0, 0.1) is 10.1 Å². The average molecular weight is 786 g/mol. The summed E-state index contributed by atoms with van der Waals surface area (Å²) in [5.74, 6) is -2.23. The molecule has 1 aliphatic heterocycles. The highest BCUT2D eigenvalue weighted by Gasteiger charge is 2.45. The Bertz CT molecular complexity index is 1440. The second kappa shape index (κ2) is 10.5. The first-order chi connectivity index (χ1) is 16.9. The summed E-state index contributed by atoms with van der Waals surface area (Å²) in [7, 11) is 0. The highest BCUT2D eigenvalue weighted by Crippen LogP contribution is 2.45. The first kappa shape index (κ1) is 27.2. The Morgan fingerprint density at radius 1 is 0.861 bits per heavy atom. The number of halogens is 6. The Labute approximate surface area is 247 Å². The highest BCUT2D eigenvalue weighted by molar-refractivity contribution is 9.15. The minimum Gasteiger partial charge on any atom is -0.267 e. The van der Waals surface area contributed by atoms with Crippen LogP contribution in [0.1, 0.15) is 36.6 Å². The summed E-state index contributed by atoms with van der Waals surface area (Å²) in [5, 5.41) is 13.2. The lowest BCUT2D eigenvalue weighted by Gasteiger charge is -2.30. The van der Waals surface area contributed by atoms with Gasteiger partial charge < -0.3 is 0 Å². The van der Waals surface area contributed by atoms with Gasteiger partial charge in [0.25, 0.3) is 23.4 Å². The van der Waals surface area contributed by atoms with Crippen molar-refractivity contribution >= 4 is 110 Å². The Morgan fingerprint density at radius 3 is 1.86 bits per heavy atom. The molecule has 0 atom stereocenters. The summed E-state index contributed by atoms with van der Waals surface area (Å²) in [6.45, 7) is -0.226. The van der Waals surface area contributed by atoms with Crippen molar-refractivity contribution in [3.63, 3.8) is 0 Å². The van der Waals surface area contributed by atoms with Crippen molar-refractivity contribution in [3.8, 4) is 0 Å². The molecule has 0 saturated heterocycles. The second-order valence-electron chi connectivity index (χ2n) is 7.34. The van der Waals surface area contributed by atoms with Crippen LogP contribution in [0.4, 0.5) is 5.69 Å². The van der Waals surface area contributed by atoms with Crippen molar-refractivity contribution in [2.24, 2.45) is 0 Å². The number of non-ortho nitro benzene ring substituents is 1. The van der Waals surface area contributed by atoms with E-state index in [2.05, 4.69) is 63.7 Å². The Balaban J connectivity index is 1.84. The number of amides is 3. The van der Waals surface area contributed by atoms with Crippen LogP contribution in [-0.4, -0.2) is 32.7 Å². The third-order valence-electron chi connectivity index (χ3n) is 5.20. The molecule has 0 aliphatic carbocycles. The summed E-state index contributed by atoms with van der Waals surface area (Å²) in [6, 6.07) is 9.46. The number of rotatable bonds is 5. The predicted molar refractivity (Wildman–Crippen MR) is 147 cm³/mol. The number of carbonyl (C=O) groups is 3. The predicted octanol–water partition coefficient (Wildman–Crippen LogP) is 7.81. The molecule has 36 heavy (non-hydrogen) atoms. The lowest BCUT2D eigenvalue weighted by molar-refractivity contribution is -0.384. The van der Waals surface area contributed by atoms with Gasteiger partial charge in [-0.3, -0.25) is 24.5 Å². The zero-order valence-corrected chi connectivity index (χ0v) is 25.3. The number of nitro benzene ring substituents is 1. The monoisotopic (exact) mass is 781 g/mol. The van der Waals surface area contributed by atoms with Crippen LogP contribution in [0.15, 0.2) is 60.4 Å². The van der Waals surface area contributed by atoms with Gasteiger partial charge in [-0.1, -0.05) is 29.3 Å². The molecule has 3 aromatic carbocycles. The molecule has 8 nitrogen and oxygen atoms in total. The van der Waals surface area contributed by atoms with Gasteiger partial charge in [-0.05, 0) is 93.5 Å². The molecule has 1 aliphatic rings. The number of hydrazine groups is 1. The molecule has 0 bridgehead atoms. The summed E-state index contributed by atoms with van der Waals surface area (Å²) < 4.78 is 1.64. The average Bonchev–Trinajstić information content (AvgIpc) is 3.11. The van der Waals surface area contributed by atoms with Gasteiger partial charge in [-0.2, -0.15) is 5.01 Å². The molecule has 0 unspecified atom stereocenters. The number of nitro groups is 1. The third-order valence-corrected chi connectivity index (χ3v) is 10.7. The summed E-state index contributed by atoms with van der Waals surface area (Å²) in [4.78, 5) is 51.2. The SMILES string of the molecule is O=C(c1ccc([N+](=O)[O-])cc1)N(Cc1ccc(Cl)c(Cl)c1)N1C(=O)c2c(Br)c(Br)c(Br)c(Br)c2C1=O. The van der Waals surface area contributed by atoms with E-state index < -0.39 is 22.6 Å². The molecule has 184 valence electrons. The van der Waals surface area contributed by atoms with Crippen molar-refractivity contribution < 1.29 is 19.3 Å². The van der Waals surface area contributed by atoms with Crippen LogP contribution < -0.4 is 0 Å². The molecule has 0 saturated carbocycles. The van der Waals surface area contributed by atoms with Crippen LogP contribution in [0.5, 0.6) is 0 Å². The van der Waals surface area contributed by atoms with Gasteiger partial charge in [-0.15, -0.1) is 0 Å². The quantitative estimate of drug-likeness (QED) is 0.0865. The van der Waals surface area contributed by atoms with E-state index in [0.29, 0.717) is 23.5 Å². The van der Waals surface area contributed by atoms with E-state index in [4.69, 9.17) is 23.2 Å². The van der Waals surface area contributed by atoms with Gasteiger partial charge in [-0.25, -0.2) is 5.01 Å². The highest BCUT2D eigenvalue weighted by atomic mass is 79.9. The second-order valence-corrected chi connectivity index (χ2v) is 11.3. The number of hydrogen-bond donors (Lipinski definition) is 0. The number of benzene rings is 3. The first-order valence-corrected chi connectivity index (χ1v) is 13.6. The molecule has 1 heterocycles. The maximum Gasteiger partial charge on any atom is 0.282 e. The fourth-order valence-electron chi connectivity index (χ4n) is 3.48. The van der Waals surface area contributed by atoms with Crippen molar-refractivity contribution in [1.29, 1.82) is 0 Å². The van der Waals surface area contributed by atoms with Gasteiger partial charge in [0.15, 0.2) is 0 Å². The number of nitrogens with zero attached hydrogens (tertiary/aromatic N) is 3. The molecule has 3 aromatic rings. The summed E-state index contributed by atoms with van der Waals surface area (Å²) in [5.41, 5.74) is 0.399. The maximum absolute atomic E-state index is 13.6. The molecular formula is C22H9Br4Cl2N3O5. The standard InChI is InChI=1S/C22H9Br4Cl2N3O5/c23-16-14-15(17(24)19(26)18(16)25)22(34)30(21(14)33)29(8-9-1-6-12(27)13(28)7-9)20(32)10-2-4-11(5-3-10)31(35)36/h1-7H,8H2. The zero-order valence-electron chi connectivity index (χ0n) is 17.4. The largest absolute Gasteiger partial charge is 0.282 e. The topological polar surface area (TPSA) is 101 Å².